The van der Waals surface area contributed by atoms with Crippen LogP contribution in [0.1, 0.15) is 30.0 Å². The Balaban J connectivity index is 1.55. The van der Waals surface area contributed by atoms with Gasteiger partial charge < -0.3 is 10.6 Å². The van der Waals surface area contributed by atoms with Crippen molar-refractivity contribution in [2.24, 2.45) is 5.92 Å². The second-order valence-corrected chi connectivity index (χ2v) is 7.94. The first kappa shape index (κ1) is 22.5. The predicted molar refractivity (Wildman–Crippen MR) is 117 cm³/mol. The van der Waals surface area contributed by atoms with Crippen LogP contribution in [-0.4, -0.2) is 29.0 Å². The molecule has 0 bridgehead atoms. The van der Waals surface area contributed by atoms with Crippen LogP contribution in [0.25, 0.3) is 11.1 Å². The van der Waals surface area contributed by atoms with Gasteiger partial charge in [0.1, 0.15) is 12.0 Å². The minimum absolute atomic E-state index is 0.162. The molecular weight excluding hydrogens is 431 g/mol. The smallest absolute Gasteiger partial charge is 0.344 e. The van der Waals surface area contributed by atoms with E-state index in [1.807, 2.05) is 72.0 Å². The lowest BCUT2D eigenvalue weighted by molar-refractivity contribution is -0.171. The van der Waals surface area contributed by atoms with E-state index in [-0.39, 0.29) is 12.8 Å². The average molecular weight is 453 g/mol. The molecule has 8 heteroatoms. The number of pyridine rings is 1. The highest BCUT2D eigenvalue weighted by Crippen LogP contribution is 2.30. The fraction of sp³-hybridized carbons (Fsp3) is 0.240. The summed E-state index contributed by atoms with van der Waals surface area (Å²) in [5.74, 6) is -2.67. The molecule has 0 saturated carbocycles. The number of nitrogens with one attached hydrogen (secondary N) is 2. The number of nitrogens with zero attached hydrogens (tertiary/aromatic N) is 1. The molecule has 0 spiro atoms. The Labute approximate surface area is 189 Å². The zero-order chi connectivity index (χ0) is 23.4. The molecule has 1 fully saturated rings. The maximum Gasteiger partial charge on any atom is 0.408 e. The number of benzene rings is 2. The van der Waals surface area contributed by atoms with Crippen LogP contribution in [0, 0.1) is 5.92 Å². The van der Waals surface area contributed by atoms with Crippen LogP contribution >= 0.6 is 0 Å². The van der Waals surface area contributed by atoms with Crippen molar-refractivity contribution >= 4 is 11.8 Å². The van der Waals surface area contributed by atoms with Gasteiger partial charge in [0.25, 0.3) is 0 Å². The van der Waals surface area contributed by atoms with Crippen molar-refractivity contribution in [1.29, 1.82) is 0 Å². The van der Waals surface area contributed by atoms with E-state index in [1.54, 1.807) is 12.4 Å². The highest BCUT2D eigenvalue weighted by molar-refractivity contribution is 6.01. The molecule has 3 atom stereocenters. The van der Waals surface area contributed by atoms with Gasteiger partial charge in [-0.2, -0.15) is 13.2 Å². The first-order valence-corrected chi connectivity index (χ1v) is 10.6. The third-order valence-electron chi connectivity index (χ3n) is 5.77. The minimum Gasteiger partial charge on any atom is -0.344 e. The number of hydrogen-bond donors (Lipinski definition) is 2. The lowest BCUT2D eigenvalue weighted by Crippen LogP contribution is -2.54. The summed E-state index contributed by atoms with van der Waals surface area (Å²) < 4.78 is 38.8. The average Bonchev–Trinajstić information content (AvgIpc) is 2.83. The van der Waals surface area contributed by atoms with E-state index in [9.17, 15) is 22.8 Å². The van der Waals surface area contributed by atoms with Crippen LogP contribution in [0.2, 0.25) is 0 Å². The van der Waals surface area contributed by atoms with Crippen molar-refractivity contribution in [2.45, 2.75) is 31.1 Å². The molecule has 2 aromatic carbocycles. The first-order chi connectivity index (χ1) is 15.8. The van der Waals surface area contributed by atoms with Crippen molar-refractivity contribution in [2.75, 3.05) is 0 Å². The summed E-state index contributed by atoms with van der Waals surface area (Å²) in [7, 11) is 0. The van der Waals surface area contributed by atoms with Gasteiger partial charge in [-0.15, -0.1) is 0 Å². The molecule has 5 nitrogen and oxygen atoms in total. The zero-order valence-corrected chi connectivity index (χ0v) is 17.5. The van der Waals surface area contributed by atoms with Gasteiger partial charge in [-0.3, -0.25) is 14.6 Å². The van der Waals surface area contributed by atoms with E-state index < -0.39 is 36.0 Å². The van der Waals surface area contributed by atoms with E-state index in [2.05, 4.69) is 10.3 Å². The Morgan fingerprint density at radius 3 is 2.12 bits per heavy atom. The van der Waals surface area contributed by atoms with Crippen molar-refractivity contribution in [3.05, 3.63) is 90.3 Å². The van der Waals surface area contributed by atoms with E-state index in [0.717, 1.165) is 22.3 Å². The number of amides is 2. The molecule has 33 heavy (non-hydrogen) atoms. The highest BCUT2D eigenvalue weighted by Gasteiger charge is 2.46. The number of aromatic nitrogens is 1. The fourth-order valence-electron chi connectivity index (χ4n) is 3.96. The van der Waals surface area contributed by atoms with Gasteiger partial charge in [-0.25, -0.2) is 0 Å². The predicted octanol–water partition coefficient (Wildman–Crippen LogP) is 4.41. The number of alkyl halides is 3. The van der Waals surface area contributed by atoms with Gasteiger partial charge in [-0.1, -0.05) is 54.6 Å². The lowest BCUT2D eigenvalue weighted by atomic mass is 9.91. The lowest BCUT2D eigenvalue weighted by Gasteiger charge is -2.31. The Bertz CT molecular complexity index is 1100. The van der Waals surface area contributed by atoms with Gasteiger partial charge in [0.05, 0.1) is 6.04 Å². The summed E-state index contributed by atoms with van der Waals surface area (Å²) in [5.41, 5.74) is 3.56. The van der Waals surface area contributed by atoms with Crippen LogP contribution in [0.5, 0.6) is 0 Å². The number of hydrogen-bond acceptors (Lipinski definition) is 3. The number of carbonyl (C=O) groups excluding carboxylic acids is 2. The van der Waals surface area contributed by atoms with Crippen molar-refractivity contribution in [3.8, 4) is 11.1 Å². The minimum atomic E-state index is -4.53. The Morgan fingerprint density at radius 1 is 0.909 bits per heavy atom. The third-order valence-corrected chi connectivity index (χ3v) is 5.77. The summed E-state index contributed by atoms with van der Waals surface area (Å²) in [6, 6.07) is 18.1. The molecule has 3 aromatic rings. The summed E-state index contributed by atoms with van der Waals surface area (Å²) in [5, 5.41) is 4.81. The highest BCUT2D eigenvalue weighted by atomic mass is 19.4. The van der Waals surface area contributed by atoms with Crippen LogP contribution in [-0.2, 0) is 9.59 Å². The van der Waals surface area contributed by atoms with Crippen LogP contribution in [0.15, 0.2) is 79.1 Å². The van der Waals surface area contributed by atoms with Crippen molar-refractivity contribution < 1.29 is 22.8 Å². The van der Waals surface area contributed by atoms with Gasteiger partial charge in [-0.05, 0) is 47.2 Å². The molecule has 2 amide bonds. The van der Waals surface area contributed by atoms with Crippen LogP contribution < -0.4 is 10.6 Å². The van der Waals surface area contributed by atoms with Crippen LogP contribution in [0.3, 0.4) is 0 Å². The molecule has 0 radical (unpaired) electrons. The van der Waals surface area contributed by atoms with Crippen LogP contribution in [0.4, 0.5) is 13.2 Å². The molecule has 170 valence electrons. The van der Waals surface area contributed by atoms with E-state index in [1.165, 1.54) is 0 Å². The summed E-state index contributed by atoms with van der Waals surface area (Å²) in [4.78, 5) is 29.2. The molecular formula is C25H22F3N3O2. The molecule has 2 N–H and O–H groups in total. The number of rotatable bonds is 5. The van der Waals surface area contributed by atoms with E-state index in [0.29, 0.717) is 0 Å². The molecule has 4 rings (SSSR count). The molecule has 1 aliphatic heterocycles. The first-order valence-electron chi connectivity index (χ1n) is 10.6. The van der Waals surface area contributed by atoms with Crippen molar-refractivity contribution in [1.82, 2.24) is 15.6 Å². The molecule has 2 heterocycles. The van der Waals surface area contributed by atoms with Gasteiger partial charge in [0, 0.05) is 12.4 Å². The molecule has 1 aliphatic rings. The Hall–Kier alpha value is -3.68. The summed E-state index contributed by atoms with van der Waals surface area (Å²) >= 11 is 0. The van der Waals surface area contributed by atoms with Gasteiger partial charge in [0.2, 0.25) is 11.8 Å². The fourth-order valence-corrected chi connectivity index (χ4v) is 3.96. The maximum absolute atomic E-state index is 13.0. The zero-order valence-electron chi connectivity index (χ0n) is 17.5. The SMILES string of the molecule is O=C(NC(c1ccccc1)c1ccc(-c2ccncc2)cc1)C1CCC(C(F)(F)F)NC1=O. The molecule has 0 aliphatic carbocycles. The topological polar surface area (TPSA) is 71.1 Å². The van der Waals surface area contributed by atoms with Gasteiger partial charge in [0.15, 0.2) is 0 Å². The summed E-state index contributed by atoms with van der Waals surface area (Å²) in [6.45, 7) is 0. The molecule has 1 aromatic heterocycles. The number of carbonyl (C=O) groups is 2. The van der Waals surface area contributed by atoms with E-state index >= 15 is 0 Å². The molecule has 3 unspecified atom stereocenters. The van der Waals surface area contributed by atoms with E-state index in [4.69, 9.17) is 0 Å². The largest absolute Gasteiger partial charge is 0.408 e. The number of piperidine rings is 1. The normalized spacial score (nSPS) is 19.4. The Morgan fingerprint density at radius 2 is 1.52 bits per heavy atom. The quantitative estimate of drug-likeness (QED) is 0.562. The molecule has 1 saturated heterocycles. The second kappa shape index (κ2) is 9.44. The third kappa shape index (κ3) is 5.22. The standard InChI is InChI=1S/C25H22F3N3O2/c26-25(27,28)21-11-10-20(23(32)30-21)24(33)31-22(18-4-2-1-3-5-18)19-8-6-16(7-9-19)17-12-14-29-15-13-17/h1-9,12-15,20-22H,10-11H2,(H,30,32)(H,31,33). The number of halogens is 3. The second-order valence-electron chi connectivity index (χ2n) is 7.94. The van der Waals surface area contributed by atoms with Gasteiger partial charge >= 0.3 is 6.18 Å². The monoisotopic (exact) mass is 453 g/mol. The van der Waals surface area contributed by atoms with Crippen molar-refractivity contribution in [3.63, 3.8) is 0 Å². The Kier molecular flexibility index (Phi) is 6.44. The maximum atomic E-state index is 13.0. The summed E-state index contributed by atoms with van der Waals surface area (Å²) in [6.07, 6.45) is -1.61.